The summed E-state index contributed by atoms with van der Waals surface area (Å²) in [5.74, 6) is 0. The Hall–Kier alpha value is -0.900. The van der Waals surface area contributed by atoms with Gasteiger partial charge in [0.1, 0.15) is 0 Å². The number of aliphatic hydroxyl groups is 1. The molecule has 0 fully saturated rings. The SMILES string of the molecule is CNC[C@H](O)[C@H](N)Cc1ccccc1. The predicted octanol–water partition coefficient (Wildman–Crippen LogP) is 0.137. The van der Waals surface area contributed by atoms with E-state index in [0.717, 1.165) is 5.56 Å². The molecule has 0 radical (unpaired) electrons. The number of likely N-dealkylation sites (N-methyl/N-ethyl adjacent to an activating group) is 1. The van der Waals surface area contributed by atoms with E-state index in [-0.39, 0.29) is 6.04 Å². The molecule has 3 heteroatoms. The zero-order chi connectivity index (χ0) is 10.4. The molecule has 0 aromatic heterocycles. The third-order valence-electron chi connectivity index (χ3n) is 2.22. The molecule has 0 aliphatic rings. The van der Waals surface area contributed by atoms with Crippen LogP contribution in [0.2, 0.25) is 0 Å². The summed E-state index contributed by atoms with van der Waals surface area (Å²) in [4.78, 5) is 0. The molecule has 0 saturated heterocycles. The lowest BCUT2D eigenvalue weighted by Gasteiger charge is -2.18. The summed E-state index contributed by atoms with van der Waals surface area (Å²) >= 11 is 0. The van der Waals surface area contributed by atoms with Gasteiger partial charge in [-0.05, 0) is 19.0 Å². The molecule has 1 rings (SSSR count). The highest BCUT2D eigenvalue weighted by atomic mass is 16.3. The normalized spacial score (nSPS) is 15.1. The summed E-state index contributed by atoms with van der Waals surface area (Å²) in [6.45, 7) is 0.536. The van der Waals surface area contributed by atoms with E-state index in [4.69, 9.17) is 5.73 Å². The smallest absolute Gasteiger partial charge is 0.0818 e. The molecule has 0 unspecified atom stereocenters. The van der Waals surface area contributed by atoms with Crippen molar-refractivity contribution in [1.29, 1.82) is 0 Å². The molecule has 14 heavy (non-hydrogen) atoms. The predicted molar refractivity (Wildman–Crippen MR) is 58.1 cm³/mol. The summed E-state index contributed by atoms with van der Waals surface area (Å²) in [5, 5.41) is 12.5. The minimum absolute atomic E-state index is 0.204. The Morgan fingerprint density at radius 2 is 2.00 bits per heavy atom. The van der Waals surface area contributed by atoms with E-state index in [1.807, 2.05) is 30.3 Å². The maximum absolute atomic E-state index is 9.59. The average molecular weight is 194 g/mol. The molecule has 0 aliphatic carbocycles. The molecule has 0 amide bonds. The van der Waals surface area contributed by atoms with Gasteiger partial charge in [0.15, 0.2) is 0 Å². The quantitative estimate of drug-likeness (QED) is 0.625. The Balaban J connectivity index is 2.44. The Morgan fingerprint density at radius 3 is 2.57 bits per heavy atom. The molecule has 0 saturated carbocycles. The van der Waals surface area contributed by atoms with Crippen LogP contribution in [0.25, 0.3) is 0 Å². The maximum Gasteiger partial charge on any atom is 0.0818 e. The number of benzene rings is 1. The topological polar surface area (TPSA) is 58.3 Å². The molecule has 1 aromatic carbocycles. The molecule has 3 nitrogen and oxygen atoms in total. The van der Waals surface area contributed by atoms with Crippen LogP contribution in [0.4, 0.5) is 0 Å². The second-order valence-corrected chi connectivity index (χ2v) is 3.48. The summed E-state index contributed by atoms with van der Waals surface area (Å²) < 4.78 is 0. The number of rotatable bonds is 5. The highest BCUT2D eigenvalue weighted by Crippen LogP contribution is 2.03. The number of hydrogen-bond donors (Lipinski definition) is 3. The van der Waals surface area contributed by atoms with Crippen molar-refractivity contribution in [3.05, 3.63) is 35.9 Å². The summed E-state index contributed by atoms with van der Waals surface area (Å²) in [6.07, 6.45) is 0.226. The summed E-state index contributed by atoms with van der Waals surface area (Å²) in [6, 6.07) is 9.76. The van der Waals surface area contributed by atoms with Gasteiger partial charge in [-0.3, -0.25) is 0 Å². The zero-order valence-electron chi connectivity index (χ0n) is 8.48. The van der Waals surface area contributed by atoms with E-state index >= 15 is 0 Å². The fourth-order valence-corrected chi connectivity index (χ4v) is 1.38. The first-order valence-corrected chi connectivity index (χ1v) is 4.86. The minimum atomic E-state index is -0.486. The van der Waals surface area contributed by atoms with Crippen molar-refractivity contribution in [1.82, 2.24) is 5.32 Å². The van der Waals surface area contributed by atoms with Crippen molar-refractivity contribution in [3.8, 4) is 0 Å². The van der Waals surface area contributed by atoms with Gasteiger partial charge in [0, 0.05) is 12.6 Å². The zero-order valence-corrected chi connectivity index (χ0v) is 8.48. The highest BCUT2D eigenvalue weighted by molar-refractivity contribution is 5.16. The lowest BCUT2D eigenvalue weighted by molar-refractivity contribution is 0.144. The van der Waals surface area contributed by atoms with Crippen LogP contribution < -0.4 is 11.1 Å². The fourth-order valence-electron chi connectivity index (χ4n) is 1.38. The molecule has 1 aromatic rings. The Bertz CT molecular complexity index is 251. The molecule has 2 atom stereocenters. The molecular weight excluding hydrogens is 176 g/mol. The van der Waals surface area contributed by atoms with Gasteiger partial charge in [-0.15, -0.1) is 0 Å². The number of nitrogens with two attached hydrogens (primary N) is 1. The van der Waals surface area contributed by atoms with Crippen molar-refractivity contribution in [2.75, 3.05) is 13.6 Å². The molecule has 4 N–H and O–H groups in total. The molecule has 0 bridgehead atoms. The van der Waals surface area contributed by atoms with E-state index in [0.29, 0.717) is 13.0 Å². The molecular formula is C11H18N2O. The molecule has 78 valence electrons. The van der Waals surface area contributed by atoms with Crippen LogP contribution in [0.1, 0.15) is 5.56 Å². The Kier molecular flexibility index (Phi) is 4.59. The third-order valence-corrected chi connectivity index (χ3v) is 2.22. The lowest BCUT2D eigenvalue weighted by Crippen LogP contribution is -2.42. The maximum atomic E-state index is 9.59. The fraction of sp³-hybridized carbons (Fsp3) is 0.455. The van der Waals surface area contributed by atoms with Gasteiger partial charge in [-0.2, -0.15) is 0 Å². The van der Waals surface area contributed by atoms with E-state index in [1.165, 1.54) is 0 Å². The Morgan fingerprint density at radius 1 is 1.36 bits per heavy atom. The van der Waals surface area contributed by atoms with Crippen molar-refractivity contribution in [3.63, 3.8) is 0 Å². The van der Waals surface area contributed by atoms with Gasteiger partial charge in [0.05, 0.1) is 6.10 Å². The van der Waals surface area contributed by atoms with E-state index in [1.54, 1.807) is 7.05 Å². The van der Waals surface area contributed by atoms with E-state index < -0.39 is 6.10 Å². The lowest BCUT2D eigenvalue weighted by atomic mass is 10.0. The number of nitrogens with one attached hydrogen (secondary N) is 1. The summed E-state index contributed by atoms with van der Waals surface area (Å²) in [5.41, 5.74) is 7.01. The van der Waals surface area contributed by atoms with Crippen LogP contribution in [0, 0.1) is 0 Å². The van der Waals surface area contributed by atoms with Crippen LogP contribution in [0.15, 0.2) is 30.3 Å². The van der Waals surface area contributed by atoms with Crippen molar-refractivity contribution >= 4 is 0 Å². The van der Waals surface area contributed by atoms with Gasteiger partial charge in [0.25, 0.3) is 0 Å². The van der Waals surface area contributed by atoms with Crippen molar-refractivity contribution in [2.24, 2.45) is 5.73 Å². The van der Waals surface area contributed by atoms with Gasteiger partial charge in [0.2, 0.25) is 0 Å². The van der Waals surface area contributed by atoms with Crippen molar-refractivity contribution < 1.29 is 5.11 Å². The number of aliphatic hydroxyl groups excluding tert-OH is 1. The van der Waals surface area contributed by atoms with Crippen LogP contribution in [0.3, 0.4) is 0 Å². The van der Waals surface area contributed by atoms with Crippen molar-refractivity contribution in [2.45, 2.75) is 18.6 Å². The second-order valence-electron chi connectivity index (χ2n) is 3.48. The van der Waals surface area contributed by atoms with Crippen LogP contribution >= 0.6 is 0 Å². The van der Waals surface area contributed by atoms with Gasteiger partial charge in [-0.1, -0.05) is 30.3 Å². The average Bonchev–Trinajstić information content (AvgIpc) is 2.19. The van der Waals surface area contributed by atoms with Gasteiger partial charge >= 0.3 is 0 Å². The van der Waals surface area contributed by atoms with Crippen LogP contribution in [-0.2, 0) is 6.42 Å². The molecule has 0 heterocycles. The first-order chi connectivity index (χ1) is 6.74. The summed E-state index contributed by atoms with van der Waals surface area (Å²) in [7, 11) is 1.80. The molecule has 0 aliphatic heterocycles. The van der Waals surface area contributed by atoms with Gasteiger partial charge in [-0.25, -0.2) is 0 Å². The van der Waals surface area contributed by atoms with E-state index in [9.17, 15) is 5.11 Å². The van der Waals surface area contributed by atoms with E-state index in [2.05, 4.69) is 5.32 Å². The minimum Gasteiger partial charge on any atom is -0.390 e. The third kappa shape index (κ3) is 3.46. The largest absolute Gasteiger partial charge is 0.390 e. The Labute approximate surface area is 84.9 Å². The van der Waals surface area contributed by atoms with Crippen LogP contribution in [-0.4, -0.2) is 30.8 Å². The monoisotopic (exact) mass is 194 g/mol. The molecule has 0 spiro atoms. The highest BCUT2D eigenvalue weighted by Gasteiger charge is 2.13. The standard InChI is InChI=1S/C11H18N2O/c1-13-8-11(14)10(12)7-9-5-3-2-4-6-9/h2-6,10-11,13-14H,7-8,12H2,1H3/t10-,11+/m1/s1. The second kappa shape index (κ2) is 5.75. The first-order valence-electron chi connectivity index (χ1n) is 4.86. The first kappa shape index (κ1) is 11.2. The van der Waals surface area contributed by atoms with Crippen LogP contribution in [0.5, 0.6) is 0 Å². The number of hydrogen-bond acceptors (Lipinski definition) is 3. The van der Waals surface area contributed by atoms with Gasteiger partial charge < -0.3 is 16.2 Å².